The second-order valence-corrected chi connectivity index (χ2v) is 2.97. The van der Waals surface area contributed by atoms with Crippen LogP contribution in [0.3, 0.4) is 0 Å². The molecule has 0 heterocycles. The first-order chi connectivity index (χ1) is 7.56. The fourth-order valence-corrected chi connectivity index (χ4v) is 1.07. The van der Waals surface area contributed by atoms with Crippen LogP contribution in [0.1, 0.15) is 20.3 Å². The Morgan fingerprint density at radius 1 is 1.25 bits per heavy atom. The van der Waals surface area contributed by atoms with Gasteiger partial charge in [-0.3, -0.25) is 9.59 Å². The van der Waals surface area contributed by atoms with E-state index < -0.39 is 24.0 Å². The van der Waals surface area contributed by atoms with Crippen LogP contribution in [-0.4, -0.2) is 36.4 Å². The number of aliphatic hydroxyl groups is 1. The van der Waals surface area contributed by atoms with Crippen LogP contribution in [-0.2, 0) is 19.1 Å². The normalized spacial score (nSPS) is 11.7. The van der Waals surface area contributed by atoms with Crippen LogP contribution in [0.15, 0.2) is 0 Å². The van der Waals surface area contributed by atoms with Crippen molar-refractivity contribution in [2.45, 2.75) is 26.4 Å². The molecule has 0 aromatic carbocycles. The Labute approximate surface area is 94.7 Å². The Hall–Kier alpha value is -1.54. The van der Waals surface area contributed by atoms with Gasteiger partial charge in [-0.2, -0.15) is 0 Å². The van der Waals surface area contributed by atoms with Gasteiger partial charge in [-0.05, 0) is 13.8 Å². The fraction of sp³-hybridized carbons (Fsp3) is 0.636. The molecule has 0 spiro atoms. The van der Waals surface area contributed by atoms with Crippen LogP contribution in [0.25, 0.3) is 0 Å². The number of hydrogen-bond donors (Lipinski definition) is 1. The maximum Gasteiger partial charge on any atom is 0.320 e. The smallest absolute Gasteiger partial charge is 0.320 e. The lowest BCUT2D eigenvalue weighted by Crippen LogP contribution is -2.31. The van der Waals surface area contributed by atoms with Crippen LogP contribution < -0.4 is 0 Å². The molecule has 0 aromatic rings. The summed E-state index contributed by atoms with van der Waals surface area (Å²) in [6.07, 6.45) is 3.61. The first-order valence-electron chi connectivity index (χ1n) is 5.04. The molecule has 5 heteroatoms. The Morgan fingerprint density at radius 3 is 2.00 bits per heavy atom. The first-order valence-corrected chi connectivity index (χ1v) is 5.04. The Balaban J connectivity index is 4.56. The van der Waals surface area contributed by atoms with Gasteiger partial charge in [-0.15, -0.1) is 6.42 Å². The van der Waals surface area contributed by atoms with Gasteiger partial charge < -0.3 is 14.6 Å². The molecule has 0 aliphatic carbocycles. The summed E-state index contributed by atoms with van der Waals surface area (Å²) >= 11 is 0. The van der Waals surface area contributed by atoms with E-state index >= 15 is 0 Å². The molecule has 0 aromatic heterocycles. The van der Waals surface area contributed by atoms with Crippen molar-refractivity contribution in [2.75, 3.05) is 13.2 Å². The van der Waals surface area contributed by atoms with Gasteiger partial charge in [0.25, 0.3) is 0 Å². The third-order valence-corrected chi connectivity index (χ3v) is 1.79. The lowest BCUT2D eigenvalue weighted by atomic mass is 10.0. The fourth-order valence-electron chi connectivity index (χ4n) is 1.07. The molecule has 0 saturated heterocycles. The molecule has 0 fully saturated rings. The van der Waals surface area contributed by atoms with Crippen molar-refractivity contribution < 1.29 is 24.2 Å². The number of rotatable bonds is 6. The predicted octanol–water partition coefficient (Wildman–Crippen LogP) is 0.113. The maximum absolute atomic E-state index is 11.4. The van der Waals surface area contributed by atoms with E-state index in [9.17, 15) is 14.7 Å². The second-order valence-electron chi connectivity index (χ2n) is 2.97. The number of hydrogen-bond acceptors (Lipinski definition) is 5. The minimum Gasteiger partial charge on any atom is -0.465 e. The summed E-state index contributed by atoms with van der Waals surface area (Å²) in [6.45, 7) is 3.55. The highest BCUT2D eigenvalue weighted by Gasteiger charge is 2.31. The molecule has 1 N–H and O–H groups in total. The Morgan fingerprint density at radius 2 is 1.69 bits per heavy atom. The van der Waals surface area contributed by atoms with Crippen molar-refractivity contribution in [3.63, 3.8) is 0 Å². The summed E-state index contributed by atoms with van der Waals surface area (Å²) < 4.78 is 9.39. The predicted molar refractivity (Wildman–Crippen MR) is 56.2 cm³/mol. The van der Waals surface area contributed by atoms with Crippen LogP contribution in [0.5, 0.6) is 0 Å². The zero-order valence-electron chi connectivity index (χ0n) is 9.43. The molecule has 0 saturated carbocycles. The number of aliphatic hydroxyl groups excluding tert-OH is 1. The van der Waals surface area contributed by atoms with Crippen molar-refractivity contribution in [3.05, 3.63) is 0 Å². The zero-order chi connectivity index (χ0) is 12.6. The van der Waals surface area contributed by atoms with Crippen molar-refractivity contribution >= 4 is 11.9 Å². The van der Waals surface area contributed by atoms with Gasteiger partial charge in [0, 0.05) is 6.42 Å². The van der Waals surface area contributed by atoms with Crippen LogP contribution >= 0.6 is 0 Å². The number of carbonyl (C=O) groups is 2. The quantitative estimate of drug-likeness (QED) is 0.397. The standard InChI is InChI=1S/C11H16O5/c1-4-8(12)7-9(10(13)15-5-2)11(14)16-6-3/h1,8-9,12H,5-7H2,2-3H3/t8-/m1/s1. The number of ether oxygens (including phenoxy) is 2. The average molecular weight is 228 g/mol. The SMILES string of the molecule is C#C[C@@H](O)CC(C(=O)OCC)C(=O)OCC. The van der Waals surface area contributed by atoms with E-state index in [-0.39, 0.29) is 19.6 Å². The van der Waals surface area contributed by atoms with Crippen LogP contribution in [0, 0.1) is 18.3 Å². The highest BCUT2D eigenvalue weighted by Crippen LogP contribution is 2.11. The molecular weight excluding hydrogens is 212 g/mol. The second kappa shape index (κ2) is 7.71. The van der Waals surface area contributed by atoms with Gasteiger partial charge in [-0.25, -0.2) is 0 Å². The summed E-state index contributed by atoms with van der Waals surface area (Å²) in [5.41, 5.74) is 0. The molecule has 0 bridgehead atoms. The van der Waals surface area contributed by atoms with E-state index in [1.165, 1.54) is 0 Å². The van der Waals surface area contributed by atoms with Gasteiger partial charge in [0.2, 0.25) is 0 Å². The molecule has 0 amide bonds. The molecule has 0 aliphatic rings. The van der Waals surface area contributed by atoms with Crippen molar-refractivity contribution in [2.24, 2.45) is 5.92 Å². The van der Waals surface area contributed by atoms with Gasteiger partial charge in [0.1, 0.15) is 6.10 Å². The average Bonchev–Trinajstić information content (AvgIpc) is 2.25. The highest BCUT2D eigenvalue weighted by atomic mass is 16.6. The van der Waals surface area contributed by atoms with E-state index in [1.54, 1.807) is 13.8 Å². The van der Waals surface area contributed by atoms with E-state index in [2.05, 4.69) is 0 Å². The Bertz CT molecular complexity index is 261. The molecule has 0 aliphatic heterocycles. The van der Waals surface area contributed by atoms with Crippen LogP contribution in [0.2, 0.25) is 0 Å². The largest absolute Gasteiger partial charge is 0.465 e. The van der Waals surface area contributed by atoms with E-state index in [0.29, 0.717) is 0 Å². The van der Waals surface area contributed by atoms with Gasteiger partial charge in [-0.1, -0.05) is 5.92 Å². The topological polar surface area (TPSA) is 72.8 Å². The maximum atomic E-state index is 11.4. The first kappa shape index (κ1) is 14.5. The molecule has 1 atom stereocenters. The molecule has 0 rings (SSSR count). The minimum absolute atomic E-state index is 0.154. The van der Waals surface area contributed by atoms with Crippen molar-refractivity contribution in [3.8, 4) is 12.3 Å². The summed E-state index contributed by atoms with van der Waals surface area (Å²) in [4.78, 5) is 22.8. The number of carbonyl (C=O) groups excluding carboxylic acids is 2. The van der Waals surface area contributed by atoms with Gasteiger partial charge >= 0.3 is 11.9 Å². The van der Waals surface area contributed by atoms with E-state index in [0.717, 1.165) is 0 Å². The number of terminal acetylenes is 1. The lowest BCUT2D eigenvalue weighted by molar-refractivity contribution is -0.162. The molecule has 5 nitrogen and oxygen atoms in total. The molecule has 0 radical (unpaired) electrons. The van der Waals surface area contributed by atoms with E-state index in [4.69, 9.17) is 15.9 Å². The van der Waals surface area contributed by atoms with E-state index in [1.807, 2.05) is 5.92 Å². The monoisotopic (exact) mass is 228 g/mol. The third kappa shape index (κ3) is 4.80. The zero-order valence-corrected chi connectivity index (χ0v) is 9.43. The van der Waals surface area contributed by atoms with Crippen molar-refractivity contribution in [1.82, 2.24) is 0 Å². The molecule has 90 valence electrons. The molecule has 16 heavy (non-hydrogen) atoms. The molecular formula is C11H16O5. The summed E-state index contributed by atoms with van der Waals surface area (Å²) in [6, 6.07) is 0. The van der Waals surface area contributed by atoms with Gasteiger partial charge in [0.05, 0.1) is 13.2 Å². The van der Waals surface area contributed by atoms with Crippen LogP contribution in [0.4, 0.5) is 0 Å². The Kier molecular flexibility index (Phi) is 6.97. The highest BCUT2D eigenvalue weighted by molar-refractivity contribution is 5.94. The summed E-state index contributed by atoms with van der Waals surface area (Å²) in [5, 5.41) is 9.21. The summed E-state index contributed by atoms with van der Waals surface area (Å²) in [5.74, 6) is -0.585. The van der Waals surface area contributed by atoms with Gasteiger partial charge in [0.15, 0.2) is 5.92 Å². The number of esters is 2. The summed E-state index contributed by atoms with van der Waals surface area (Å²) in [7, 11) is 0. The molecule has 0 unspecified atom stereocenters. The lowest BCUT2D eigenvalue weighted by Gasteiger charge is -2.14. The third-order valence-electron chi connectivity index (χ3n) is 1.79. The minimum atomic E-state index is -1.17. The van der Waals surface area contributed by atoms with Crippen molar-refractivity contribution in [1.29, 1.82) is 0 Å².